The average molecular weight is 346 g/mol. The minimum absolute atomic E-state index is 0.264. The molecule has 0 spiro atoms. The van der Waals surface area contributed by atoms with E-state index in [4.69, 9.17) is 0 Å². The van der Waals surface area contributed by atoms with E-state index in [2.05, 4.69) is 32.3 Å². The second-order valence-corrected chi connectivity index (χ2v) is 6.58. The summed E-state index contributed by atoms with van der Waals surface area (Å²) >= 11 is 0. The molecular weight excluding hydrogens is 319 g/mol. The highest BCUT2D eigenvalue weighted by Crippen LogP contribution is 2.19. The van der Waals surface area contributed by atoms with E-state index >= 15 is 0 Å². The zero-order chi connectivity index (χ0) is 17.6. The Kier molecular flexibility index (Phi) is 6.04. The van der Waals surface area contributed by atoms with E-state index in [1.54, 1.807) is 12.1 Å². The number of benzene rings is 1. The summed E-state index contributed by atoms with van der Waals surface area (Å²) in [6.07, 6.45) is 4.85. The molecule has 2 N–H and O–H groups in total. The molecule has 2 unspecified atom stereocenters. The number of halogens is 1. The Bertz CT molecular complexity index is 608. The van der Waals surface area contributed by atoms with Crippen molar-refractivity contribution in [3.05, 3.63) is 47.8 Å². The van der Waals surface area contributed by atoms with Gasteiger partial charge in [0, 0.05) is 38.8 Å². The number of aliphatic hydroxyl groups excluding tert-OH is 1. The van der Waals surface area contributed by atoms with Crippen LogP contribution in [0, 0.1) is 5.82 Å². The monoisotopic (exact) mass is 346 g/mol. The molecule has 2 aliphatic rings. The molecule has 1 aromatic rings. The minimum Gasteiger partial charge on any atom is -0.386 e. The van der Waals surface area contributed by atoms with Crippen LogP contribution in [0.3, 0.4) is 0 Å². The van der Waals surface area contributed by atoms with E-state index < -0.39 is 6.10 Å². The predicted molar refractivity (Wildman–Crippen MR) is 98.0 cm³/mol. The topological polar surface area (TPSA) is 51.1 Å². The minimum atomic E-state index is -0.726. The maximum Gasteiger partial charge on any atom is 0.194 e. The van der Waals surface area contributed by atoms with Crippen molar-refractivity contribution in [3.8, 4) is 0 Å². The first-order chi connectivity index (χ1) is 12.2. The second kappa shape index (κ2) is 8.45. The summed E-state index contributed by atoms with van der Waals surface area (Å²) in [7, 11) is 0. The first-order valence-corrected chi connectivity index (χ1v) is 9.03. The van der Waals surface area contributed by atoms with Gasteiger partial charge in [-0.3, -0.25) is 9.89 Å². The summed E-state index contributed by atoms with van der Waals surface area (Å²) in [5.74, 6) is 0.547. The number of rotatable bonds is 5. The zero-order valence-corrected chi connectivity index (χ0v) is 14.7. The van der Waals surface area contributed by atoms with Crippen molar-refractivity contribution < 1.29 is 9.50 Å². The second-order valence-electron chi connectivity index (χ2n) is 6.58. The van der Waals surface area contributed by atoms with Crippen LogP contribution < -0.4 is 5.32 Å². The van der Waals surface area contributed by atoms with Crippen LogP contribution >= 0.6 is 0 Å². The first kappa shape index (κ1) is 17.9. The molecule has 3 rings (SSSR count). The maximum absolute atomic E-state index is 13.0. The zero-order valence-electron chi connectivity index (χ0n) is 14.7. The van der Waals surface area contributed by atoms with Crippen LogP contribution in [0.2, 0.25) is 0 Å². The van der Waals surface area contributed by atoms with Crippen LogP contribution in [0.5, 0.6) is 0 Å². The molecule has 0 aliphatic carbocycles. The lowest BCUT2D eigenvalue weighted by atomic mass is 10.1. The molecule has 0 bridgehead atoms. The largest absolute Gasteiger partial charge is 0.386 e. The molecule has 5 nitrogen and oxygen atoms in total. The molecule has 2 atom stereocenters. The van der Waals surface area contributed by atoms with E-state index in [9.17, 15) is 9.50 Å². The van der Waals surface area contributed by atoms with Gasteiger partial charge in [0.2, 0.25) is 0 Å². The summed E-state index contributed by atoms with van der Waals surface area (Å²) in [5, 5.41) is 13.6. The van der Waals surface area contributed by atoms with Crippen LogP contribution in [-0.2, 0) is 0 Å². The van der Waals surface area contributed by atoms with Gasteiger partial charge >= 0.3 is 0 Å². The predicted octanol–water partition coefficient (Wildman–Crippen LogP) is 1.77. The molecule has 136 valence electrons. The van der Waals surface area contributed by atoms with Gasteiger partial charge in [-0.2, -0.15) is 0 Å². The maximum atomic E-state index is 13.0. The number of hydrogen-bond donors (Lipinski definition) is 2. The first-order valence-electron chi connectivity index (χ1n) is 9.03. The number of aliphatic hydroxyl groups is 1. The summed E-state index contributed by atoms with van der Waals surface area (Å²) in [6.45, 7) is 7.10. The van der Waals surface area contributed by atoms with E-state index in [0.717, 1.165) is 45.1 Å². The van der Waals surface area contributed by atoms with Crippen molar-refractivity contribution in [2.45, 2.75) is 25.5 Å². The molecule has 0 amide bonds. The van der Waals surface area contributed by atoms with Crippen molar-refractivity contribution in [2.24, 2.45) is 4.99 Å². The summed E-state index contributed by atoms with van der Waals surface area (Å²) in [4.78, 5) is 9.36. The van der Waals surface area contributed by atoms with Gasteiger partial charge in [-0.05, 0) is 31.0 Å². The lowest BCUT2D eigenvalue weighted by molar-refractivity contribution is 0.186. The number of nitrogens with one attached hydrogen (secondary N) is 1. The third-order valence-electron chi connectivity index (χ3n) is 4.83. The van der Waals surface area contributed by atoms with Crippen molar-refractivity contribution in [3.63, 3.8) is 0 Å². The summed E-state index contributed by atoms with van der Waals surface area (Å²) in [6, 6.07) is 6.50. The highest BCUT2D eigenvalue weighted by Gasteiger charge is 2.29. The van der Waals surface area contributed by atoms with Gasteiger partial charge in [0.25, 0.3) is 0 Å². The van der Waals surface area contributed by atoms with Gasteiger partial charge in [-0.25, -0.2) is 4.39 Å². The standard InChI is InChI=1S/C19H27FN4O/c1-2-21-19(22-13-18(25)15-5-7-16(20)8-6-15)24-12-9-17(14-24)23-10-3-4-11-23/h3-8,17-18,25H,2,9-14H2,1H3,(H,21,22). The molecule has 1 aromatic carbocycles. The Morgan fingerprint density at radius 2 is 2.04 bits per heavy atom. The molecule has 0 aromatic heterocycles. The normalized spacial score (nSPS) is 22.6. The summed E-state index contributed by atoms with van der Waals surface area (Å²) in [5.41, 5.74) is 0.684. The number of hydrogen-bond acceptors (Lipinski definition) is 3. The summed E-state index contributed by atoms with van der Waals surface area (Å²) < 4.78 is 13.0. The third-order valence-corrected chi connectivity index (χ3v) is 4.83. The fourth-order valence-electron chi connectivity index (χ4n) is 3.41. The molecular formula is C19H27FN4O. The van der Waals surface area contributed by atoms with E-state index in [1.165, 1.54) is 12.1 Å². The Morgan fingerprint density at radius 3 is 2.72 bits per heavy atom. The molecule has 2 aliphatic heterocycles. The van der Waals surface area contributed by atoms with Crippen molar-refractivity contribution >= 4 is 5.96 Å². The van der Waals surface area contributed by atoms with Gasteiger partial charge in [0.15, 0.2) is 5.96 Å². The number of likely N-dealkylation sites (tertiary alicyclic amines) is 1. The fourth-order valence-corrected chi connectivity index (χ4v) is 3.41. The van der Waals surface area contributed by atoms with Crippen molar-refractivity contribution in [2.75, 3.05) is 39.3 Å². The Hall–Kier alpha value is -1.92. The van der Waals surface area contributed by atoms with Crippen LogP contribution in [0.15, 0.2) is 41.4 Å². The van der Waals surface area contributed by atoms with Gasteiger partial charge < -0.3 is 15.3 Å². The molecule has 0 saturated carbocycles. The van der Waals surface area contributed by atoms with Crippen LogP contribution in [-0.4, -0.2) is 66.2 Å². The van der Waals surface area contributed by atoms with Gasteiger partial charge in [0.05, 0.1) is 12.6 Å². The van der Waals surface area contributed by atoms with Crippen LogP contribution in [0.4, 0.5) is 4.39 Å². The van der Waals surface area contributed by atoms with Crippen molar-refractivity contribution in [1.29, 1.82) is 0 Å². The number of aliphatic imine (C=N–C) groups is 1. The average Bonchev–Trinajstić information content (AvgIpc) is 3.30. The van der Waals surface area contributed by atoms with Crippen LogP contribution in [0.25, 0.3) is 0 Å². The van der Waals surface area contributed by atoms with E-state index in [-0.39, 0.29) is 12.4 Å². The molecule has 1 saturated heterocycles. The third kappa shape index (κ3) is 4.58. The highest BCUT2D eigenvalue weighted by atomic mass is 19.1. The highest BCUT2D eigenvalue weighted by molar-refractivity contribution is 5.80. The number of guanidine groups is 1. The Morgan fingerprint density at radius 1 is 1.32 bits per heavy atom. The van der Waals surface area contributed by atoms with Gasteiger partial charge in [-0.1, -0.05) is 24.3 Å². The molecule has 2 heterocycles. The lowest BCUT2D eigenvalue weighted by Crippen LogP contribution is -2.43. The molecule has 0 radical (unpaired) electrons. The van der Waals surface area contributed by atoms with Crippen molar-refractivity contribution in [1.82, 2.24) is 15.1 Å². The number of nitrogens with zero attached hydrogens (tertiary/aromatic N) is 3. The molecule has 6 heteroatoms. The van der Waals surface area contributed by atoms with Gasteiger partial charge in [0.1, 0.15) is 5.82 Å². The Balaban J connectivity index is 1.60. The quantitative estimate of drug-likeness (QED) is 0.485. The van der Waals surface area contributed by atoms with Gasteiger partial charge in [-0.15, -0.1) is 0 Å². The molecule has 25 heavy (non-hydrogen) atoms. The fraction of sp³-hybridized carbons (Fsp3) is 0.526. The molecule has 1 fully saturated rings. The Labute approximate surface area is 148 Å². The van der Waals surface area contributed by atoms with E-state index in [1.807, 2.05) is 6.92 Å². The SMILES string of the molecule is CCNC(=NCC(O)c1ccc(F)cc1)N1CCC(N2CC=CC2)C1. The smallest absolute Gasteiger partial charge is 0.194 e. The van der Waals surface area contributed by atoms with Crippen LogP contribution in [0.1, 0.15) is 25.0 Å². The van der Waals surface area contributed by atoms with E-state index in [0.29, 0.717) is 11.6 Å². The lowest BCUT2D eigenvalue weighted by Gasteiger charge is -2.25.